The lowest BCUT2D eigenvalue weighted by molar-refractivity contribution is -0.00706. The first-order valence-corrected chi connectivity index (χ1v) is 46.9. The number of fused-ring (bicyclic) bond motifs is 14. The molecule has 0 aromatic heterocycles. The number of benzene rings is 13. The molecule has 24 nitrogen and oxygen atoms in total. The number of rotatable bonds is 20. The van der Waals surface area contributed by atoms with Crippen LogP contribution in [0.2, 0.25) is 0 Å². The number of anilines is 4. The van der Waals surface area contributed by atoms with Gasteiger partial charge in [-0.2, -0.15) is 0 Å². The average molecular weight is 1840 g/mol. The van der Waals surface area contributed by atoms with E-state index in [0.717, 1.165) is 172 Å². The Balaban J connectivity index is 0.000000199. The number of hydrogen-bond acceptors (Lipinski definition) is 24. The second-order valence-electron chi connectivity index (χ2n) is 33.4. The zero-order valence-electron chi connectivity index (χ0n) is 77.1. The molecule has 136 heavy (non-hydrogen) atoms. The third-order valence-corrected chi connectivity index (χ3v) is 23.7. The van der Waals surface area contributed by atoms with Gasteiger partial charge in [0, 0.05) is 87.2 Å². The molecule has 20 bridgehead atoms. The molecule has 24 heteroatoms. The first kappa shape index (κ1) is 95.5. The van der Waals surface area contributed by atoms with Gasteiger partial charge in [-0.05, 0) is 198 Å². The molecule has 5 aliphatic rings. The molecule has 0 radical (unpaired) electrons. The number of nitrogens with one attached hydrogen (secondary N) is 2. The molecule has 708 valence electrons. The van der Waals surface area contributed by atoms with Gasteiger partial charge in [0.05, 0.1) is 79.3 Å². The van der Waals surface area contributed by atoms with E-state index in [4.69, 9.17) is 108 Å². The van der Waals surface area contributed by atoms with E-state index in [9.17, 15) is 0 Å². The molecule has 0 spiro atoms. The van der Waals surface area contributed by atoms with Crippen LogP contribution in [0.3, 0.4) is 0 Å². The highest BCUT2D eigenvalue weighted by molar-refractivity contribution is 5.60. The van der Waals surface area contributed by atoms with E-state index < -0.39 is 0 Å². The fourth-order valence-electron chi connectivity index (χ4n) is 17.0. The standard InChI is InChI=1S/C60H66N4O8.C52H56N2O10/c61-53-21-17-43(18-22-53)25-27-63-41-71-59-49-11-5-13-51(59)39-47-9-4-10-48-40-52-14-6-12-50(60(52)72-42-64-28-26-44-19-23-54(62)24-20-44)38-46-8-3-7-45(37-49)57(46)69-35-31-65-29-33-67-55-15-1-2-16-56(55)68-34-30-66-32-36-70-58(47)48;53-45-13-17-47(18-14-45)61-35-63-51-41-9-3-11-43(51)33-39-7-2-8-40-34-44-12-4-10-42(52(44)64-36-62-48-19-15-46(54)16-20-48)32-38-6-1-5-37(31-41)49(38)59-29-27-57-25-23-55-21-22-56-24-26-58-28-30-60-50(39)40/h1-24,63-64H,25-42,61-62H2;1-20H,21-36,53-54H2. The van der Waals surface area contributed by atoms with Gasteiger partial charge in [-0.3, -0.25) is 10.6 Å². The van der Waals surface area contributed by atoms with Crippen molar-refractivity contribution in [3.8, 4) is 69.0 Å². The van der Waals surface area contributed by atoms with Crippen LogP contribution < -0.4 is 90.4 Å². The summed E-state index contributed by atoms with van der Waals surface area (Å²) in [6, 6.07) is 89.1. The summed E-state index contributed by atoms with van der Waals surface area (Å²) in [5, 5.41) is 7.06. The maximum absolute atomic E-state index is 6.84. The van der Waals surface area contributed by atoms with E-state index in [1.54, 1.807) is 24.3 Å². The van der Waals surface area contributed by atoms with E-state index in [-0.39, 0.29) is 13.6 Å². The third-order valence-electron chi connectivity index (χ3n) is 23.7. The van der Waals surface area contributed by atoms with Gasteiger partial charge in [0.25, 0.3) is 0 Å². The van der Waals surface area contributed by atoms with Crippen molar-refractivity contribution >= 4 is 22.7 Å². The Morgan fingerprint density at radius 3 is 0.669 bits per heavy atom. The Morgan fingerprint density at radius 1 is 0.206 bits per heavy atom. The molecule has 18 rings (SSSR count). The van der Waals surface area contributed by atoms with Crippen LogP contribution in [0.5, 0.6) is 69.0 Å². The smallest absolute Gasteiger partial charge is 0.230 e. The fourth-order valence-corrected chi connectivity index (χ4v) is 17.0. The Labute approximate surface area is 796 Å². The number of nitrogen functional groups attached to an aromatic ring is 4. The van der Waals surface area contributed by atoms with Crippen LogP contribution >= 0.6 is 0 Å². The van der Waals surface area contributed by atoms with Crippen molar-refractivity contribution < 1.29 is 85.3 Å². The van der Waals surface area contributed by atoms with Gasteiger partial charge in [-0.15, -0.1) is 0 Å². The molecule has 3 aliphatic heterocycles. The lowest BCUT2D eigenvalue weighted by Crippen LogP contribution is -2.23. The minimum atomic E-state index is -0.0116. The largest absolute Gasteiger partial charge is 0.491 e. The molecule has 13 aromatic rings. The summed E-state index contributed by atoms with van der Waals surface area (Å²) in [5.41, 5.74) is 45.3. The summed E-state index contributed by atoms with van der Waals surface area (Å²) >= 11 is 0. The molecule has 3 heterocycles. The summed E-state index contributed by atoms with van der Waals surface area (Å²) < 4.78 is 114. The van der Waals surface area contributed by atoms with Crippen LogP contribution in [0.1, 0.15) is 100 Å². The van der Waals surface area contributed by atoms with E-state index in [2.05, 4.69) is 180 Å². The molecule has 0 saturated carbocycles. The molecule has 10 N–H and O–H groups in total. The number of hydrogen-bond donors (Lipinski definition) is 6. The topological polar surface area (TPSA) is 294 Å². The predicted molar refractivity (Wildman–Crippen MR) is 528 cm³/mol. The zero-order chi connectivity index (χ0) is 92.9. The molecule has 0 amide bonds. The highest BCUT2D eigenvalue weighted by Gasteiger charge is 2.27. The first-order valence-electron chi connectivity index (χ1n) is 46.9. The average Bonchev–Trinajstić information content (AvgIpc) is 0.789. The summed E-state index contributed by atoms with van der Waals surface area (Å²) in [6.07, 6.45) is 6.02. The van der Waals surface area contributed by atoms with Crippen molar-refractivity contribution in [2.24, 2.45) is 0 Å². The predicted octanol–water partition coefficient (Wildman–Crippen LogP) is 17.3. The minimum Gasteiger partial charge on any atom is -0.491 e. The first-order chi connectivity index (χ1) is 67.1. The second-order valence-corrected chi connectivity index (χ2v) is 33.4. The Kier molecular flexibility index (Phi) is 35.5. The quantitative estimate of drug-likeness (QED) is 0.0179. The lowest BCUT2D eigenvalue weighted by Gasteiger charge is -2.23. The molecule has 0 saturated heterocycles. The Bertz CT molecular complexity index is 5420. The maximum Gasteiger partial charge on any atom is 0.230 e. The van der Waals surface area contributed by atoms with Gasteiger partial charge in [0.1, 0.15) is 111 Å². The van der Waals surface area contributed by atoms with Crippen LogP contribution in [0.4, 0.5) is 22.7 Å². The molecule has 0 atom stereocenters. The number of ether oxygens (including phenoxy) is 18. The summed E-state index contributed by atoms with van der Waals surface area (Å²) in [6.45, 7) is 9.11. The normalized spacial score (nSPS) is 14.7. The second kappa shape index (κ2) is 50.6. The summed E-state index contributed by atoms with van der Waals surface area (Å²) in [5.74, 6) is 8.95. The highest BCUT2D eigenvalue weighted by atomic mass is 16.7. The van der Waals surface area contributed by atoms with Crippen molar-refractivity contribution in [1.29, 1.82) is 0 Å². The van der Waals surface area contributed by atoms with Crippen molar-refractivity contribution in [2.45, 2.75) is 64.2 Å². The van der Waals surface area contributed by atoms with Crippen molar-refractivity contribution in [3.05, 3.63) is 367 Å². The lowest BCUT2D eigenvalue weighted by atomic mass is 9.91. The monoisotopic (exact) mass is 1840 g/mol. The van der Waals surface area contributed by atoms with E-state index in [0.29, 0.717) is 218 Å². The van der Waals surface area contributed by atoms with Crippen LogP contribution in [-0.4, -0.2) is 159 Å². The SMILES string of the molecule is Nc1ccc(CCNCOc2c3cccc2Cc2cccc4c2OCCOCCOc2ccccc2OCCOCCOc2c(cccc2Cc2cccc(c2OCNCCc2ccc(N)cc2)C4)C3)cc1.Nc1ccc(OCOc2c3cccc2Cc2cccc4c2OCCOCCOCCOCCOCCOc2c(cccc2Cc2cccc(c2OCOc2ccc(N)cc2)C4)C3)cc1. The van der Waals surface area contributed by atoms with Crippen molar-refractivity contribution in [1.82, 2.24) is 10.6 Å². The van der Waals surface area contributed by atoms with Gasteiger partial charge in [-0.1, -0.05) is 182 Å². The minimum absolute atomic E-state index is 0.0116. The highest BCUT2D eigenvalue weighted by Crippen LogP contribution is 2.43. The molecular weight excluding hydrogens is 1720 g/mol. The molecular formula is C112H122N6O18. The molecule has 0 unspecified atom stereocenters. The molecule has 2 aliphatic carbocycles. The van der Waals surface area contributed by atoms with E-state index in [1.807, 2.05) is 72.8 Å². The van der Waals surface area contributed by atoms with Crippen LogP contribution in [0.15, 0.2) is 267 Å². The zero-order valence-corrected chi connectivity index (χ0v) is 77.1. The van der Waals surface area contributed by atoms with Gasteiger partial charge in [0.2, 0.25) is 13.6 Å². The number of para-hydroxylation sites is 10. The Morgan fingerprint density at radius 2 is 0.419 bits per heavy atom. The van der Waals surface area contributed by atoms with Crippen LogP contribution in [-0.2, 0) is 92.6 Å². The van der Waals surface area contributed by atoms with E-state index >= 15 is 0 Å². The van der Waals surface area contributed by atoms with E-state index in [1.165, 1.54) is 11.1 Å². The van der Waals surface area contributed by atoms with Gasteiger partial charge in [0.15, 0.2) is 11.5 Å². The van der Waals surface area contributed by atoms with Crippen molar-refractivity contribution in [2.75, 3.05) is 182 Å². The number of nitrogens with two attached hydrogens (primary N) is 4. The summed E-state index contributed by atoms with van der Waals surface area (Å²) in [4.78, 5) is 0. The van der Waals surface area contributed by atoms with Gasteiger partial charge in [-0.25, -0.2) is 0 Å². The fraction of sp³-hybridized carbons (Fsp3) is 0.304. The molecule has 13 aromatic carbocycles. The maximum atomic E-state index is 6.84. The summed E-state index contributed by atoms with van der Waals surface area (Å²) in [7, 11) is 0. The molecule has 0 fully saturated rings. The van der Waals surface area contributed by atoms with Crippen LogP contribution in [0.25, 0.3) is 0 Å². The van der Waals surface area contributed by atoms with Gasteiger partial charge >= 0.3 is 0 Å². The van der Waals surface area contributed by atoms with Crippen molar-refractivity contribution in [3.63, 3.8) is 0 Å². The third kappa shape index (κ3) is 27.8. The van der Waals surface area contributed by atoms with Crippen LogP contribution in [0, 0.1) is 0 Å². The van der Waals surface area contributed by atoms with Gasteiger partial charge < -0.3 is 108 Å². The Hall–Kier alpha value is -13.7.